The normalized spacial score (nSPS) is 26.8. The molecule has 10 heteroatoms. The number of benzene rings is 4. The number of fused-ring (bicyclic) bond motifs is 4. The monoisotopic (exact) mass is 680 g/mol. The third-order valence-electron chi connectivity index (χ3n) is 11.2. The van der Waals surface area contributed by atoms with Gasteiger partial charge in [0.05, 0.1) is 35.0 Å². The highest BCUT2D eigenvalue weighted by Crippen LogP contribution is 2.64. The molecule has 1 saturated heterocycles. The fraction of sp³-hybridized carbons (Fsp3) is 0.220. The molecule has 1 aliphatic heterocycles. The van der Waals surface area contributed by atoms with Gasteiger partial charge in [-0.1, -0.05) is 72.3 Å². The van der Waals surface area contributed by atoms with Gasteiger partial charge >= 0.3 is 0 Å². The van der Waals surface area contributed by atoms with Crippen LogP contribution in [0.4, 0.5) is 11.4 Å². The Labute approximate surface area is 292 Å². The maximum atomic E-state index is 15.1. The van der Waals surface area contributed by atoms with E-state index < -0.39 is 51.7 Å². The van der Waals surface area contributed by atoms with Gasteiger partial charge in [-0.15, -0.1) is 0 Å². The lowest BCUT2D eigenvalue weighted by Crippen LogP contribution is -2.58. The molecule has 0 aromatic heterocycles. The number of nitrogens with zero attached hydrogens (tertiary/aromatic N) is 2. The summed E-state index contributed by atoms with van der Waals surface area (Å²) in [6.45, 7) is 0. The number of ketones is 2. The summed E-state index contributed by atoms with van der Waals surface area (Å²) in [5.74, 6) is -5.25. The Kier molecular flexibility index (Phi) is 7.55. The Morgan fingerprint density at radius 1 is 0.863 bits per heavy atom. The van der Waals surface area contributed by atoms with E-state index in [0.717, 1.165) is 4.90 Å². The molecule has 4 aromatic carbocycles. The highest BCUT2D eigenvalue weighted by atomic mass is 16.6. The molecule has 0 spiro atoms. The first kappa shape index (κ1) is 32.1. The average Bonchev–Trinajstić information content (AvgIpc) is 3.42. The SMILES string of the molecule is COc1ccc(O)c([C@H]2C3=CC[C@@H]4C(=O)N(c5ccc([N+](=O)[O-])cc5)C(=O)[C@@H]4[C@@H]3C[C@H]3C(=O)C(c4ccccc4)=CC(=O)[C@@]23c2ccccc2)c1. The van der Waals surface area contributed by atoms with Crippen molar-refractivity contribution >= 4 is 40.3 Å². The number of hydrogen-bond donors (Lipinski definition) is 1. The van der Waals surface area contributed by atoms with Crippen LogP contribution in [0.3, 0.4) is 0 Å². The molecule has 3 aliphatic carbocycles. The third-order valence-corrected chi connectivity index (χ3v) is 11.2. The number of amides is 2. The van der Waals surface area contributed by atoms with Crippen LogP contribution < -0.4 is 9.64 Å². The Balaban J connectivity index is 1.35. The number of methoxy groups -OCH3 is 1. The van der Waals surface area contributed by atoms with E-state index in [9.17, 15) is 24.8 Å². The first-order valence-electron chi connectivity index (χ1n) is 16.8. The van der Waals surface area contributed by atoms with Crippen molar-refractivity contribution < 1.29 is 33.9 Å². The van der Waals surface area contributed by atoms with Crippen molar-refractivity contribution in [3.63, 3.8) is 0 Å². The van der Waals surface area contributed by atoms with Crippen LogP contribution in [0, 0.1) is 33.8 Å². The summed E-state index contributed by atoms with van der Waals surface area (Å²) < 4.78 is 5.58. The zero-order valence-corrected chi connectivity index (χ0v) is 27.5. The van der Waals surface area contributed by atoms with Crippen molar-refractivity contribution in [2.45, 2.75) is 24.2 Å². The number of Topliss-reactive ketones (excluding diaryl/α,β-unsaturated/α-hetero) is 1. The predicted octanol–water partition coefficient (Wildman–Crippen LogP) is 6.34. The number of phenolic OH excluding ortho intramolecular Hbond substituents is 1. The second kappa shape index (κ2) is 12.0. The van der Waals surface area contributed by atoms with Gasteiger partial charge in [-0.2, -0.15) is 0 Å². The fourth-order valence-electron chi connectivity index (χ4n) is 9.09. The van der Waals surface area contributed by atoms with Crippen LogP contribution in [0.15, 0.2) is 121 Å². The van der Waals surface area contributed by atoms with Gasteiger partial charge in [0, 0.05) is 35.1 Å². The molecule has 51 heavy (non-hydrogen) atoms. The van der Waals surface area contributed by atoms with Crippen molar-refractivity contribution in [3.8, 4) is 11.5 Å². The van der Waals surface area contributed by atoms with Crippen LogP contribution >= 0.6 is 0 Å². The maximum Gasteiger partial charge on any atom is 0.269 e. The Bertz CT molecular complexity index is 2190. The Morgan fingerprint density at radius 2 is 1.55 bits per heavy atom. The number of rotatable bonds is 6. The molecule has 4 aromatic rings. The molecule has 0 bridgehead atoms. The fourth-order valence-corrected chi connectivity index (χ4v) is 9.09. The molecule has 0 radical (unpaired) electrons. The molecule has 1 N–H and O–H groups in total. The van der Waals surface area contributed by atoms with E-state index in [2.05, 4.69) is 0 Å². The topological polar surface area (TPSA) is 144 Å². The molecule has 2 fully saturated rings. The van der Waals surface area contributed by atoms with Gasteiger partial charge in [-0.25, -0.2) is 0 Å². The minimum atomic E-state index is -1.50. The number of aromatic hydroxyl groups is 1. The Hall–Kier alpha value is -6.16. The average molecular weight is 681 g/mol. The van der Waals surface area contributed by atoms with E-state index in [4.69, 9.17) is 4.74 Å². The number of anilines is 1. The first-order chi connectivity index (χ1) is 24.7. The number of nitro groups is 1. The van der Waals surface area contributed by atoms with Crippen molar-refractivity contribution in [2.75, 3.05) is 12.0 Å². The molecule has 4 aliphatic rings. The zero-order chi connectivity index (χ0) is 35.6. The van der Waals surface area contributed by atoms with E-state index in [-0.39, 0.29) is 47.1 Å². The molecule has 2 amide bonds. The lowest BCUT2D eigenvalue weighted by atomic mass is 9.44. The lowest BCUT2D eigenvalue weighted by molar-refractivity contribution is -0.384. The van der Waals surface area contributed by atoms with Gasteiger partial charge in [-0.3, -0.25) is 34.2 Å². The second-order valence-electron chi connectivity index (χ2n) is 13.5. The van der Waals surface area contributed by atoms with Gasteiger partial charge in [0.1, 0.15) is 11.5 Å². The number of nitro benzene ring substituents is 1. The number of imide groups is 1. The third kappa shape index (κ3) is 4.70. The van der Waals surface area contributed by atoms with Crippen LogP contribution in [0.2, 0.25) is 0 Å². The summed E-state index contributed by atoms with van der Waals surface area (Å²) in [4.78, 5) is 70.5. The number of non-ortho nitro benzene ring substituents is 1. The Morgan fingerprint density at radius 3 is 2.22 bits per heavy atom. The van der Waals surface area contributed by atoms with Crippen molar-refractivity contribution in [1.82, 2.24) is 0 Å². The van der Waals surface area contributed by atoms with E-state index in [1.165, 1.54) is 43.5 Å². The van der Waals surface area contributed by atoms with E-state index >= 15 is 9.59 Å². The zero-order valence-electron chi connectivity index (χ0n) is 27.5. The standard InChI is InChI=1S/C41H32N2O8/c1-51-27-16-19-34(44)32(20-27)37-28-17-18-29-36(40(48)42(39(29)47)25-12-14-26(15-13-25)43(49)50)31(28)21-33-38(46)30(23-8-4-2-5-9-23)22-35(45)41(33,37)24-10-6-3-7-11-24/h2-17,19-20,22,29,31,33,36-37,44H,18,21H2,1H3/t29-,31+,33-,36-,37+,41-/m0/s1. The summed E-state index contributed by atoms with van der Waals surface area (Å²) in [5.41, 5.74) is 1.09. The van der Waals surface area contributed by atoms with Crippen LogP contribution in [0.25, 0.3) is 5.57 Å². The molecule has 0 unspecified atom stereocenters. The highest BCUT2D eigenvalue weighted by molar-refractivity contribution is 6.32. The number of carbonyl (C=O) groups excluding carboxylic acids is 4. The summed E-state index contributed by atoms with van der Waals surface area (Å²) in [6, 6.07) is 28.2. The molecule has 1 saturated carbocycles. The number of phenols is 1. The van der Waals surface area contributed by atoms with Crippen LogP contribution in [0.5, 0.6) is 11.5 Å². The predicted molar refractivity (Wildman–Crippen MR) is 187 cm³/mol. The van der Waals surface area contributed by atoms with Crippen molar-refractivity contribution in [2.24, 2.45) is 23.7 Å². The molecule has 10 nitrogen and oxygen atoms in total. The molecule has 254 valence electrons. The van der Waals surface area contributed by atoms with Crippen LogP contribution in [-0.2, 0) is 24.6 Å². The maximum absolute atomic E-state index is 15.1. The summed E-state index contributed by atoms with van der Waals surface area (Å²) in [5, 5.41) is 22.9. The lowest BCUT2D eigenvalue weighted by Gasteiger charge is -2.55. The van der Waals surface area contributed by atoms with E-state index in [1.807, 2.05) is 42.5 Å². The van der Waals surface area contributed by atoms with Gasteiger partial charge in [-0.05, 0) is 66.3 Å². The van der Waals surface area contributed by atoms with Crippen LogP contribution in [-0.4, -0.2) is 40.5 Å². The summed E-state index contributed by atoms with van der Waals surface area (Å²) in [7, 11) is 1.50. The molecular formula is C41H32N2O8. The first-order valence-corrected chi connectivity index (χ1v) is 16.8. The van der Waals surface area contributed by atoms with E-state index in [1.54, 1.807) is 36.4 Å². The number of allylic oxidation sites excluding steroid dienone is 4. The van der Waals surface area contributed by atoms with Gasteiger partial charge in [0.25, 0.3) is 5.69 Å². The molecule has 8 rings (SSSR count). The summed E-state index contributed by atoms with van der Waals surface area (Å²) in [6.07, 6.45) is 3.63. The minimum Gasteiger partial charge on any atom is -0.508 e. The smallest absolute Gasteiger partial charge is 0.269 e. The van der Waals surface area contributed by atoms with Crippen molar-refractivity contribution in [1.29, 1.82) is 0 Å². The number of ether oxygens (including phenoxy) is 1. The summed E-state index contributed by atoms with van der Waals surface area (Å²) >= 11 is 0. The quantitative estimate of drug-likeness (QED) is 0.108. The number of carbonyl (C=O) groups is 4. The largest absolute Gasteiger partial charge is 0.508 e. The van der Waals surface area contributed by atoms with Gasteiger partial charge < -0.3 is 9.84 Å². The van der Waals surface area contributed by atoms with Crippen molar-refractivity contribution in [3.05, 3.63) is 148 Å². The molecular weight excluding hydrogens is 648 g/mol. The molecule has 1 heterocycles. The number of hydrogen-bond acceptors (Lipinski definition) is 8. The van der Waals surface area contributed by atoms with Crippen LogP contribution in [0.1, 0.15) is 35.4 Å². The second-order valence-corrected chi connectivity index (χ2v) is 13.5. The minimum absolute atomic E-state index is 0.0991. The van der Waals surface area contributed by atoms with Gasteiger partial charge in [0.2, 0.25) is 11.8 Å². The van der Waals surface area contributed by atoms with Gasteiger partial charge in [0.15, 0.2) is 11.6 Å². The van der Waals surface area contributed by atoms with E-state index in [0.29, 0.717) is 28.0 Å². The molecule has 6 atom stereocenters. The highest BCUT2D eigenvalue weighted by Gasteiger charge is 2.66.